The van der Waals surface area contributed by atoms with Crippen LogP contribution in [0.1, 0.15) is 12.5 Å². The molecule has 0 aliphatic heterocycles. The van der Waals surface area contributed by atoms with Crippen molar-refractivity contribution < 1.29 is 19.0 Å². The van der Waals surface area contributed by atoms with E-state index in [0.29, 0.717) is 29.7 Å². The number of benzene rings is 1. The van der Waals surface area contributed by atoms with Crippen molar-refractivity contribution >= 4 is 17.6 Å². The van der Waals surface area contributed by atoms with E-state index in [1.165, 1.54) is 7.11 Å². The van der Waals surface area contributed by atoms with Crippen molar-refractivity contribution in [1.82, 2.24) is 5.32 Å². The minimum Gasteiger partial charge on any atom is -0.493 e. The molecule has 0 radical (unpaired) electrons. The Labute approximate surface area is 117 Å². The van der Waals surface area contributed by atoms with Gasteiger partial charge in [0.05, 0.1) is 18.7 Å². The number of carbonyl (C=O) groups excluding carboxylic acids is 1. The molecule has 1 aromatic carbocycles. The van der Waals surface area contributed by atoms with Crippen LogP contribution in [-0.2, 0) is 16.1 Å². The molecule has 1 aromatic rings. The van der Waals surface area contributed by atoms with E-state index >= 15 is 0 Å². The third kappa shape index (κ3) is 4.61. The summed E-state index contributed by atoms with van der Waals surface area (Å²) in [6.45, 7) is 2.51. The lowest BCUT2D eigenvalue weighted by Crippen LogP contribution is -2.15. The van der Waals surface area contributed by atoms with Crippen molar-refractivity contribution in [1.29, 1.82) is 0 Å². The van der Waals surface area contributed by atoms with Gasteiger partial charge in [0.1, 0.15) is 0 Å². The van der Waals surface area contributed by atoms with Gasteiger partial charge in [-0.2, -0.15) is 0 Å². The van der Waals surface area contributed by atoms with Crippen molar-refractivity contribution in [3.8, 4) is 11.5 Å². The molecule has 5 nitrogen and oxygen atoms in total. The average molecular weight is 288 g/mol. The molecule has 6 heteroatoms. The zero-order chi connectivity index (χ0) is 14.3. The predicted octanol–water partition coefficient (Wildman–Crippen LogP) is 2.01. The van der Waals surface area contributed by atoms with Crippen LogP contribution in [0.2, 0.25) is 5.02 Å². The van der Waals surface area contributed by atoms with Crippen LogP contribution in [0.4, 0.5) is 0 Å². The molecule has 0 saturated heterocycles. The molecule has 106 valence electrons. The van der Waals surface area contributed by atoms with Gasteiger partial charge in [0.25, 0.3) is 0 Å². The standard InChI is InChI=1S/C13H18ClNO4/c1-4-18-12(16)8-19-13-10(14)5-9(7-15-2)6-11(13)17-3/h5-6,15H,4,7-8H2,1-3H3. The highest BCUT2D eigenvalue weighted by atomic mass is 35.5. The van der Waals surface area contributed by atoms with E-state index in [1.807, 2.05) is 13.1 Å². The van der Waals surface area contributed by atoms with Crippen molar-refractivity contribution in [2.24, 2.45) is 0 Å². The molecular weight excluding hydrogens is 270 g/mol. The number of carbonyl (C=O) groups is 1. The highest BCUT2D eigenvalue weighted by Gasteiger charge is 2.14. The van der Waals surface area contributed by atoms with Gasteiger partial charge in [0.15, 0.2) is 18.1 Å². The Kier molecular flexibility index (Phi) is 6.45. The quantitative estimate of drug-likeness (QED) is 0.778. The molecule has 0 fully saturated rings. The maximum Gasteiger partial charge on any atom is 0.344 e. The Hall–Kier alpha value is -1.46. The second-order valence-corrected chi connectivity index (χ2v) is 4.14. The van der Waals surface area contributed by atoms with Crippen LogP contribution >= 0.6 is 11.6 Å². The maximum absolute atomic E-state index is 11.3. The summed E-state index contributed by atoms with van der Waals surface area (Å²) >= 11 is 6.12. The van der Waals surface area contributed by atoms with E-state index in [1.54, 1.807) is 13.0 Å². The van der Waals surface area contributed by atoms with Gasteiger partial charge in [-0.15, -0.1) is 0 Å². The maximum atomic E-state index is 11.3. The topological polar surface area (TPSA) is 56.8 Å². The number of rotatable bonds is 7. The molecule has 0 bridgehead atoms. The first-order valence-corrected chi connectivity index (χ1v) is 6.29. The van der Waals surface area contributed by atoms with E-state index in [9.17, 15) is 4.79 Å². The fourth-order valence-electron chi connectivity index (χ4n) is 1.55. The highest BCUT2D eigenvalue weighted by Crippen LogP contribution is 2.36. The third-order valence-electron chi connectivity index (χ3n) is 2.31. The normalized spacial score (nSPS) is 10.1. The minimum atomic E-state index is -0.445. The third-order valence-corrected chi connectivity index (χ3v) is 2.59. The molecule has 0 heterocycles. The minimum absolute atomic E-state index is 0.199. The van der Waals surface area contributed by atoms with Gasteiger partial charge in [-0.3, -0.25) is 0 Å². The second kappa shape index (κ2) is 7.86. The zero-order valence-electron chi connectivity index (χ0n) is 11.3. The van der Waals surface area contributed by atoms with Crippen molar-refractivity contribution in [3.63, 3.8) is 0 Å². The van der Waals surface area contributed by atoms with Gasteiger partial charge in [-0.05, 0) is 31.7 Å². The summed E-state index contributed by atoms with van der Waals surface area (Å²) in [6, 6.07) is 3.57. The fraction of sp³-hybridized carbons (Fsp3) is 0.462. The first-order chi connectivity index (χ1) is 9.12. The monoisotopic (exact) mass is 287 g/mol. The number of ether oxygens (including phenoxy) is 3. The summed E-state index contributed by atoms with van der Waals surface area (Å²) in [4.78, 5) is 11.3. The number of nitrogens with one attached hydrogen (secondary N) is 1. The Bertz CT molecular complexity index is 437. The number of methoxy groups -OCH3 is 1. The smallest absolute Gasteiger partial charge is 0.344 e. The molecule has 1 N–H and O–H groups in total. The Balaban J connectivity index is 2.84. The molecule has 1 rings (SSSR count). The Morgan fingerprint density at radius 1 is 1.42 bits per heavy atom. The van der Waals surface area contributed by atoms with Crippen LogP contribution in [0, 0.1) is 0 Å². The number of hydrogen-bond donors (Lipinski definition) is 1. The predicted molar refractivity (Wildman–Crippen MR) is 72.9 cm³/mol. The summed E-state index contributed by atoms with van der Waals surface area (Å²) in [7, 11) is 3.36. The molecule has 0 amide bonds. The van der Waals surface area contributed by atoms with Gasteiger partial charge in [-0.1, -0.05) is 11.6 Å². The summed E-state index contributed by atoms with van der Waals surface area (Å²) in [6.07, 6.45) is 0. The summed E-state index contributed by atoms with van der Waals surface area (Å²) in [5.74, 6) is 0.388. The number of halogens is 1. The number of hydrogen-bond acceptors (Lipinski definition) is 5. The lowest BCUT2D eigenvalue weighted by atomic mass is 10.2. The summed E-state index contributed by atoms with van der Waals surface area (Å²) < 4.78 is 15.4. The first-order valence-electron chi connectivity index (χ1n) is 5.91. The molecule has 0 aliphatic carbocycles. The average Bonchev–Trinajstić information content (AvgIpc) is 2.37. The second-order valence-electron chi connectivity index (χ2n) is 3.73. The van der Waals surface area contributed by atoms with Crippen LogP contribution in [0.5, 0.6) is 11.5 Å². The van der Waals surface area contributed by atoms with Crippen molar-refractivity contribution in [2.75, 3.05) is 27.4 Å². The van der Waals surface area contributed by atoms with E-state index < -0.39 is 5.97 Å². The van der Waals surface area contributed by atoms with Crippen LogP contribution < -0.4 is 14.8 Å². The van der Waals surface area contributed by atoms with E-state index in [-0.39, 0.29) is 6.61 Å². The largest absolute Gasteiger partial charge is 0.493 e. The van der Waals surface area contributed by atoms with Gasteiger partial charge in [0.2, 0.25) is 0 Å². The molecule has 19 heavy (non-hydrogen) atoms. The van der Waals surface area contributed by atoms with Crippen molar-refractivity contribution in [2.45, 2.75) is 13.5 Å². The fourth-order valence-corrected chi connectivity index (χ4v) is 1.84. The summed E-state index contributed by atoms with van der Waals surface area (Å²) in [5.41, 5.74) is 0.966. The molecule has 0 aromatic heterocycles. The molecule has 0 spiro atoms. The molecular formula is C13H18ClNO4. The van der Waals surface area contributed by atoms with Gasteiger partial charge in [0, 0.05) is 6.54 Å². The van der Waals surface area contributed by atoms with E-state index in [4.69, 9.17) is 25.8 Å². The zero-order valence-corrected chi connectivity index (χ0v) is 12.0. The van der Waals surface area contributed by atoms with Crippen LogP contribution in [-0.4, -0.2) is 33.3 Å². The molecule has 0 saturated carbocycles. The van der Waals surface area contributed by atoms with Crippen molar-refractivity contribution in [3.05, 3.63) is 22.7 Å². The van der Waals surface area contributed by atoms with E-state index in [0.717, 1.165) is 5.56 Å². The van der Waals surface area contributed by atoms with Crippen LogP contribution in [0.3, 0.4) is 0 Å². The molecule has 0 atom stereocenters. The van der Waals surface area contributed by atoms with Crippen LogP contribution in [0.15, 0.2) is 12.1 Å². The number of esters is 1. The molecule has 0 aliphatic rings. The lowest BCUT2D eigenvalue weighted by Gasteiger charge is -2.13. The highest BCUT2D eigenvalue weighted by molar-refractivity contribution is 6.32. The van der Waals surface area contributed by atoms with Gasteiger partial charge < -0.3 is 19.5 Å². The first kappa shape index (κ1) is 15.6. The molecule has 0 unspecified atom stereocenters. The van der Waals surface area contributed by atoms with Gasteiger partial charge >= 0.3 is 5.97 Å². The van der Waals surface area contributed by atoms with Gasteiger partial charge in [-0.25, -0.2) is 4.79 Å². The Morgan fingerprint density at radius 2 is 2.16 bits per heavy atom. The van der Waals surface area contributed by atoms with Crippen LogP contribution in [0.25, 0.3) is 0 Å². The lowest BCUT2D eigenvalue weighted by molar-refractivity contribution is -0.145. The van der Waals surface area contributed by atoms with E-state index in [2.05, 4.69) is 5.32 Å². The SMILES string of the molecule is CCOC(=O)COc1c(Cl)cc(CNC)cc1OC. The summed E-state index contributed by atoms with van der Waals surface area (Å²) in [5, 5.41) is 3.42. The Morgan fingerprint density at radius 3 is 2.74 bits per heavy atom.